The number of ether oxygens (including phenoxy) is 1. The zero-order valence-corrected chi connectivity index (χ0v) is 10.2. The van der Waals surface area contributed by atoms with Crippen LogP contribution in [0.3, 0.4) is 0 Å². The summed E-state index contributed by atoms with van der Waals surface area (Å²) in [5.41, 5.74) is 0.616. The Kier molecular flexibility index (Phi) is 3.68. The van der Waals surface area contributed by atoms with Gasteiger partial charge in [-0.2, -0.15) is 0 Å². The summed E-state index contributed by atoms with van der Waals surface area (Å²) in [7, 11) is 2.11. The van der Waals surface area contributed by atoms with Crippen molar-refractivity contribution in [1.29, 1.82) is 0 Å². The van der Waals surface area contributed by atoms with E-state index in [9.17, 15) is 0 Å². The molecule has 0 bridgehead atoms. The molecule has 0 aromatic heterocycles. The molecule has 0 amide bonds. The van der Waals surface area contributed by atoms with Crippen molar-refractivity contribution in [1.82, 2.24) is 5.32 Å². The van der Waals surface area contributed by atoms with Crippen LogP contribution in [0.4, 0.5) is 0 Å². The molecule has 2 heteroatoms. The molecule has 2 nitrogen and oxygen atoms in total. The zero-order valence-electron chi connectivity index (χ0n) is 10.2. The minimum Gasteiger partial charge on any atom is -0.378 e. The largest absolute Gasteiger partial charge is 0.378 e. The van der Waals surface area contributed by atoms with Crippen LogP contribution in [0.1, 0.15) is 51.9 Å². The number of nitrogens with one attached hydrogen (secondary N) is 1. The van der Waals surface area contributed by atoms with Crippen molar-refractivity contribution >= 4 is 0 Å². The number of hydrogen-bond donors (Lipinski definition) is 1. The lowest BCUT2D eigenvalue weighted by Crippen LogP contribution is -2.33. The van der Waals surface area contributed by atoms with Gasteiger partial charge in [0.25, 0.3) is 0 Å². The minimum absolute atomic E-state index is 0.578. The van der Waals surface area contributed by atoms with Crippen molar-refractivity contribution in [3.63, 3.8) is 0 Å². The molecule has 2 rings (SSSR count). The molecule has 2 atom stereocenters. The Bertz CT molecular complexity index is 195. The maximum absolute atomic E-state index is 5.65. The van der Waals surface area contributed by atoms with E-state index in [2.05, 4.69) is 19.3 Å². The van der Waals surface area contributed by atoms with Crippen molar-refractivity contribution < 1.29 is 4.74 Å². The summed E-state index contributed by atoms with van der Waals surface area (Å²) in [4.78, 5) is 0. The molecular weight excluding hydrogens is 186 g/mol. The lowest BCUT2D eigenvalue weighted by Gasteiger charge is -2.23. The molecule has 2 unspecified atom stereocenters. The van der Waals surface area contributed by atoms with Gasteiger partial charge in [-0.15, -0.1) is 0 Å². The standard InChI is InChI=1S/C13H25NO/c1-13(8-9-13)12(14-2)7-3-5-11-6-4-10-15-11/h11-12,14H,3-10H2,1-2H3. The van der Waals surface area contributed by atoms with Gasteiger partial charge in [0.2, 0.25) is 0 Å². The Morgan fingerprint density at radius 1 is 1.47 bits per heavy atom. The lowest BCUT2D eigenvalue weighted by atomic mass is 9.93. The molecule has 2 aliphatic rings. The van der Waals surface area contributed by atoms with E-state index in [4.69, 9.17) is 4.74 Å². The molecule has 1 saturated heterocycles. The molecule has 88 valence electrons. The SMILES string of the molecule is CNC(CCCC1CCCO1)C1(C)CC1. The Balaban J connectivity index is 1.63. The van der Waals surface area contributed by atoms with Crippen molar-refractivity contribution in [3.05, 3.63) is 0 Å². The van der Waals surface area contributed by atoms with Crippen LogP contribution in [0.15, 0.2) is 0 Å². The van der Waals surface area contributed by atoms with E-state index in [0.29, 0.717) is 11.5 Å². The van der Waals surface area contributed by atoms with Gasteiger partial charge in [-0.05, 0) is 57.4 Å². The van der Waals surface area contributed by atoms with Gasteiger partial charge in [0.1, 0.15) is 0 Å². The normalized spacial score (nSPS) is 30.4. The highest BCUT2D eigenvalue weighted by Gasteiger charge is 2.43. The lowest BCUT2D eigenvalue weighted by molar-refractivity contribution is 0.100. The van der Waals surface area contributed by atoms with E-state index in [1.807, 2.05) is 0 Å². The fraction of sp³-hybridized carbons (Fsp3) is 1.00. The second-order valence-electron chi connectivity index (χ2n) is 5.56. The molecule has 15 heavy (non-hydrogen) atoms. The van der Waals surface area contributed by atoms with Gasteiger partial charge < -0.3 is 10.1 Å². The highest BCUT2D eigenvalue weighted by atomic mass is 16.5. The van der Waals surface area contributed by atoms with E-state index >= 15 is 0 Å². The van der Waals surface area contributed by atoms with Gasteiger partial charge in [-0.25, -0.2) is 0 Å². The van der Waals surface area contributed by atoms with Gasteiger partial charge in [0, 0.05) is 12.6 Å². The van der Waals surface area contributed by atoms with Gasteiger partial charge >= 0.3 is 0 Å². The van der Waals surface area contributed by atoms with Crippen LogP contribution >= 0.6 is 0 Å². The predicted molar refractivity (Wildman–Crippen MR) is 63.0 cm³/mol. The van der Waals surface area contributed by atoms with E-state index in [1.165, 1.54) is 44.9 Å². The van der Waals surface area contributed by atoms with Crippen LogP contribution in [0.5, 0.6) is 0 Å². The van der Waals surface area contributed by atoms with Crippen molar-refractivity contribution in [3.8, 4) is 0 Å². The summed E-state index contributed by atoms with van der Waals surface area (Å²) in [6, 6.07) is 0.735. The van der Waals surface area contributed by atoms with Crippen molar-refractivity contribution in [2.75, 3.05) is 13.7 Å². The average molecular weight is 211 g/mol. The van der Waals surface area contributed by atoms with Gasteiger partial charge in [0.15, 0.2) is 0 Å². The molecule has 1 aliphatic heterocycles. The van der Waals surface area contributed by atoms with Gasteiger partial charge in [0.05, 0.1) is 6.10 Å². The Hall–Kier alpha value is -0.0800. The summed E-state index contributed by atoms with van der Waals surface area (Å²) in [5.74, 6) is 0. The molecule has 0 aromatic rings. The smallest absolute Gasteiger partial charge is 0.0576 e. The first-order chi connectivity index (χ1) is 7.24. The van der Waals surface area contributed by atoms with Crippen LogP contribution in [0, 0.1) is 5.41 Å². The van der Waals surface area contributed by atoms with Crippen LogP contribution in [-0.4, -0.2) is 25.8 Å². The molecule has 1 aliphatic carbocycles. The molecular formula is C13H25NO. The van der Waals surface area contributed by atoms with Crippen molar-refractivity contribution in [2.24, 2.45) is 5.41 Å². The predicted octanol–water partition coefficient (Wildman–Crippen LogP) is 2.72. The summed E-state index contributed by atoms with van der Waals surface area (Å²) in [6.45, 7) is 3.41. The molecule has 1 heterocycles. The monoisotopic (exact) mass is 211 g/mol. The molecule has 1 saturated carbocycles. The van der Waals surface area contributed by atoms with Crippen LogP contribution in [0.2, 0.25) is 0 Å². The first-order valence-corrected chi connectivity index (χ1v) is 6.53. The Morgan fingerprint density at radius 3 is 2.80 bits per heavy atom. The number of hydrogen-bond acceptors (Lipinski definition) is 2. The Morgan fingerprint density at radius 2 is 2.27 bits per heavy atom. The first kappa shape index (κ1) is 11.4. The molecule has 1 N–H and O–H groups in total. The highest BCUT2D eigenvalue weighted by Crippen LogP contribution is 2.49. The third-order valence-electron chi connectivity index (χ3n) is 4.27. The maximum atomic E-state index is 5.65. The van der Waals surface area contributed by atoms with E-state index in [1.54, 1.807) is 0 Å². The van der Waals surface area contributed by atoms with Gasteiger partial charge in [-0.3, -0.25) is 0 Å². The third-order valence-corrected chi connectivity index (χ3v) is 4.27. The summed E-state index contributed by atoms with van der Waals surface area (Å²) in [6.07, 6.45) is 9.90. The summed E-state index contributed by atoms with van der Waals surface area (Å²) in [5, 5.41) is 3.49. The quantitative estimate of drug-likeness (QED) is 0.729. The van der Waals surface area contributed by atoms with E-state index in [0.717, 1.165) is 12.6 Å². The van der Waals surface area contributed by atoms with E-state index in [-0.39, 0.29) is 0 Å². The fourth-order valence-electron chi connectivity index (χ4n) is 2.81. The highest BCUT2D eigenvalue weighted by molar-refractivity contribution is 4.98. The topological polar surface area (TPSA) is 21.3 Å². The fourth-order valence-corrected chi connectivity index (χ4v) is 2.81. The second kappa shape index (κ2) is 4.84. The second-order valence-corrected chi connectivity index (χ2v) is 5.56. The van der Waals surface area contributed by atoms with Crippen LogP contribution in [0.25, 0.3) is 0 Å². The maximum Gasteiger partial charge on any atom is 0.0576 e. The Labute approximate surface area is 93.8 Å². The molecule has 0 spiro atoms. The molecule has 2 fully saturated rings. The minimum atomic E-state index is 0.578. The number of rotatable bonds is 6. The average Bonchev–Trinajstić information content (AvgIpc) is 2.80. The summed E-state index contributed by atoms with van der Waals surface area (Å²) < 4.78 is 5.65. The van der Waals surface area contributed by atoms with E-state index < -0.39 is 0 Å². The van der Waals surface area contributed by atoms with Crippen LogP contribution in [-0.2, 0) is 4.74 Å². The first-order valence-electron chi connectivity index (χ1n) is 6.53. The van der Waals surface area contributed by atoms with Gasteiger partial charge in [-0.1, -0.05) is 6.92 Å². The summed E-state index contributed by atoms with van der Waals surface area (Å²) >= 11 is 0. The third kappa shape index (κ3) is 2.94. The van der Waals surface area contributed by atoms with Crippen LogP contribution < -0.4 is 5.32 Å². The van der Waals surface area contributed by atoms with Crippen molar-refractivity contribution in [2.45, 2.75) is 64.0 Å². The zero-order chi connectivity index (χ0) is 10.7. The molecule has 0 aromatic carbocycles. The molecule has 0 radical (unpaired) electrons.